The number of aromatic nitrogens is 3. The molecule has 0 fully saturated rings. The summed E-state index contributed by atoms with van der Waals surface area (Å²) in [7, 11) is 3.99. The second-order valence-corrected chi connectivity index (χ2v) is 9.76. The molecule has 7 nitrogen and oxygen atoms in total. The van der Waals surface area contributed by atoms with Gasteiger partial charge < -0.3 is 0 Å². The molecule has 0 radical (unpaired) electrons. The second kappa shape index (κ2) is 9.24. The Morgan fingerprint density at radius 2 is 2.00 bits per heavy atom. The molecule has 1 atom stereocenters. The molecule has 0 aliphatic rings. The van der Waals surface area contributed by atoms with Gasteiger partial charge in [0, 0.05) is 0 Å². The molecule has 32 heavy (non-hydrogen) atoms. The van der Waals surface area contributed by atoms with E-state index in [-0.39, 0.29) is 11.6 Å². The van der Waals surface area contributed by atoms with E-state index in [1.807, 2.05) is 25.1 Å². The van der Waals surface area contributed by atoms with Crippen LogP contribution < -0.4 is 23.9 Å². The maximum absolute atomic E-state index is 14.4. The monoisotopic (exact) mass is 493 g/mol. The molecule has 4 rings (SSSR count). The number of rotatable bonds is 7. The fourth-order valence-corrected chi connectivity index (χ4v) is 4.87. The van der Waals surface area contributed by atoms with Crippen LogP contribution in [0.25, 0.3) is 5.52 Å². The van der Waals surface area contributed by atoms with Crippen molar-refractivity contribution in [2.24, 2.45) is 0 Å². The van der Waals surface area contributed by atoms with Crippen LogP contribution in [0.3, 0.4) is 0 Å². The summed E-state index contributed by atoms with van der Waals surface area (Å²) in [5.74, 6) is -0.761. The van der Waals surface area contributed by atoms with Crippen molar-refractivity contribution in [3.8, 4) is 11.6 Å². The number of ether oxygens (including phenoxy) is 1. The minimum absolute atomic E-state index is 0.0463. The molecule has 1 unspecified atom stereocenters. The predicted molar refractivity (Wildman–Crippen MR) is 125 cm³/mol. The molecule has 0 spiro atoms. The van der Waals surface area contributed by atoms with E-state index in [1.165, 1.54) is 18.2 Å². The molecule has 0 saturated carbocycles. The SMILES string of the molecule is C=CC(=O)Nc1ccc(F)c(Oc2nc([AsH]c3ccc(N(C)C)cc3)nn3cccc23)c1. The van der Waals surface area contributed by atoms with Crippen LogP contribution >= 0.6 is 0 Å². The summed E-state index contributed by atoms with van der Waals surface area (Å²) in [5.41, 5.74) is 2.12. The van der Waals surface area contributed by atoms with Gasteiger partial charge in [-0.05, 0) is 0 Å². The second-order valence-electron chi connectivity index (χ2n) is 7.09. The minimum atomic E-state index is -0.844. The van der Waals surface area contributed by atoms with Crippen molar-refractivity contribution in [2.45, 2.75) is 0 Å². The van der Waals surface area contributed by atoms with Crippen LogP contribution in [-0.2, 0) is 4.79 Å². The van der Waals surface area contributed by atoms with E-state index < -0.39 is 27.5 Å². The van der Waals surface area contributed by atoms with Gasteiger partial charge in [0.2, 0.25) is 0 Å². The predicted octanol–water partition coefficient (Wildman–Crippen LogP) is 2.24. The molecule has 2 aromatic carbocycles. The van der Waals surface area contributed by atoms with Crippen molar-refractivity contribution in [1.29, 1.82) is 0 Å². The van der Waals surface area contributed by atoms with Gasteiger partial charge in [0.1, 0.15) is 0 Å². The molecule has 0 saturated heterocycles. The molecule has 2 heterocycles. The number of nitrogens with zero attached hydrogens (tertiary/aromatic N) is 4. The number of hydrogen-bond acceptors (Lipinski definition) is 5. The molecule has 4 aromatic rings. The number of amides is 1. The number of halogens is 1. The summed E-state index contributed by atoms with van der Waals surface area (Å²) < 4.78 is 23.8. The fourth-order valence-electron chi connectivity index (χ4n) is 2.96. The maximum atomic E-state index is 14.4. The van der Waals surface area contributed by atoms with Crippen molar-refractivity contribution in [2.75, 3.05) is 24.3 Å². The quantitative estimate of drug-likeness (QED) is 0.316. The Hall–Kier alpha value is -3.64. The fraction of sp³-hybridized carbons (Fsp3) is 0.0870. The number of anilines is 2. The van der Waals surface area contributed by atoms with Crippen LogP contribution in [0.1, 0.15) is 0 Å². The molecule has 1 amide bonds. The molecule has 0 aliphatic heterocycles. The van der Waals surface area contributed by atoms with Gasteiger partial charge in [-0.25, -0.2) is 0 Å². The third-order valence-corrected chi connectivity index (χ3v) is 6.81. The van der Waals surface area contributed by atoms with Crippen LogP contribution in [0.4, 0.5) is 15.8 Å². The Kier molecular flexibility index (Phi) is 6.23. The molecular formula is C23H21AsFN5O2. The third-order valence-electron chi connectivity index (χ3n) is 4.59. The Bertz CT molecular complexity index is 1290. The number of benzene rings is 2. The van der Waals surface area contributed by atoms with Gasteiger partial charge >= 0.3 is 191 Å². The molecule has 0 bridgehead atoms. The topological polar surface area (TPSA) is 71.8 Å². The van der Waals surface area contributed by atoms with E-state index >= 15 is 0 Å². The van der Waals surface area contributed by atoms with Crippen molar-refractivity contribution in [1.82, 2.24) is 14.6 Å². The standard InChI is InChI=1S/C23H21AsFN5O2/c1-4-21(31)26-16-9-12-18(25)20(14-16)32-22-19-6-5-13-30(19)28-23(27-22)24-15-7-10-17(11-8-15)29(2)3/h4-14,24H,1H2,2-3H3,(H,26,31). The van der Waals surface area contributed by atoms with E-state index in [2.05, 4.69) is 46.2 Å². The Morgan fingerprint density at radius 3 is 2.72 bits per heavy atom. The zero-order chi connectivity index (χ0) is 22.7. The third kappa shape index (κ3) is 4.81. The first-order chi connectivity index (χ1) is 15.4. The molecule has 0 aliphatic carbocycles. The van der Waals surface area contributed by atoms with Crippen LogP contribution in [0.5, 0.6) is 11.6 Å². The number of hydrogen-bond donors (Lipinski definition) is 1. The number of nitrogens with one attached hydrogen (secondary N) is 1. The normalized spacial score (nSPS) is 11.1. The van der Waals surface area contributed by atoms with Crippen molar-refractivity contribution >= 4 is 47.5 Å². The van der Waals surface area contributed by atoms with Crippen molar-refractivity contribution in [3.63, 3.8) is 0 Å². The van der Waals surface area contributed by atoms with Crippen LogP contribution in [0.15, 0.2) is 73.4 Å². The summed E-state index contributed by atoms with van der Waals surface area (Å²) in [4.78, 5) is 18.2. The van der Waals surface area contributed by atoms with Gasteiger partial charge in [-0.15, -0.1) is 0 Å². The molecule has 162 valence electrons. The molecule has 2 aromatic heterocycles. The zero-order valence-electron chi connectivity index (χ0n) is 17.5. The van der Waals surface area contributed by atoms with E-state index in [4.69, 9.17) is 4.74 Å². The molecule has 1 N–H and O–H groups in total. The van der Waals surface area contributed by atoms with Crippen LogP contribution in [-0.4, -0.2) is 50.4 Å². The van der Waals surface area contributed by atoms with Gasteiger partial charge in [0.25, 0.3) is 0 Å². The van der Waals surface area contributed by atoms with E-state index in [0.717, 1.165) is 16.1 Å². The first kappa shape index (κ1) is 21.6. The zero-order valence-corrected chi connectivity index (χ0v) is 19.6. The Morgan fingerprint density at radius 1 is 1.22 bits per heavy atom. The summed E-state index contributed by atoms with van der Waals surface area (Å²) in [6, 6.07) is 16.0. The summed E-state index contributed by atoms with van der Waals surface area (Å²) in [6.07, 6.45) is 2.94. The van der Waals surface area contributed by atoms with E-state index in [0.29, 0.717) is 15.8 Å². The Balaban J connectivity index is 1.64. The van der Waals surface area contributed by atoms with Crippen molar-refractivity contribution in [3.05, 3.63) is 79.3 Å². The summed E-state index contributed by atoms with van der Waals surface area (Å²) in [5, 5.41) is 7.18. The number of carbonyl (C=O) groups is 1. The average Bonchev–Trinajstić information content (AvgIpc) is 3.25. The first-order valence-corrected chi connectivity index (χ1v) is 11.8. The molecule has 9 heteroatoms. The average molecular weight is 493 g/mol. The van der Waals surface area contributed by atoms with Crippen LogP contribution in [0, 0.1) is 5.82 Å². The van der Waals surface area contributed by atoms with Gasteiger partial charge in [-0.2, -0.15) is 0 Å². The Labute approximate surface area is 191 Å². The summed E-state index contributed by atoms with van der Waals surface area (Å²) in [6.45, 7) is 3.41. The van der Waals surface area contributed by atoms with Gasteiger partial charge in [0.05, 0.1) is 0 Å². The summed E-state index contributed by atoms with van der Waals surface area (Å²) >= 11 is -0.844. The van der Waals surface area contributed by atoms with E-state index in [9.17, 15) is 9.18 Å². The van der Waals surface area contributed by atoms with Gasteiger partial charge in [-0.1, -0.05) is 0 Å². The molecular weight excluding hydrogens is 472 g/mol. The van der Waals surface area contributed by atoms with Crippen LogP contribution in [0.2, 0.25) is 0 Å². The van der Waals surface area contributed by atoms with E-state index in [1.54, 1.807) is 16.8 Å². The number of fused-ring (bicyclic) bond motifs is 1. The van der Waals surface area contributed by atoms with Gasteiger partial charge in [-0.3, -0.25) is 0 Å². The number of carbonyl (C=O) groups excluding carboxylic acids is 1. The first-order valence-electron chi connectivity index (χ1n) is 9.73. The van der Waals surface area contributed by atoms with Gasteiger partial charge in [0.15, 0.2) is 0 Å². The van der Waals surface area contributed by atoms with Crippen molar-refractivity contribution < 1.29 is 13.9 Å².